The molecule has 1 aromatic rings. The van der Waals surface area contributed by atoms with E-state index in [4.69, 9.17) is 0 Å². The van der Waals surface area contributed by atoms with Crippen LogP contribution in [0.4, 0.5) is 0 Å². The summed E-state index contributed by atoms with van der Waals surface area (Å²) in [6.45, 7) is 1.29. The topological polar surface area (TPSA) is 32.3 Å². The van der Waals surface area contributed by atoms with Crippen LogP contribution in [-0.4, -0.2) is 24.3 Å². The van der Waals surface area contributed by atoms with Gasteiger partial charge >= 0.3 is 0 Å². The second-order valence-electron chi connectivity index (χ2n) is 5.48. The third kappa shape index (κ3) is 4.43. The van der Waals surface area contributed by atoms with E-state index >= 15 is 0 Å². The molecule has 0 radical (unpaired) electrons. The average Bonchev–Trinajstić information content (AvgIpc) is 2.45. The lowest BCUT2D eigenvalue weighted by Crippen LogP contribution is -2.38. The smallest absolute Gasteiger partial charge is 0.0587 e. The van der Waals surface area contributed by atoms with Gasteiger partial charge < -0.3 is 10.4 Å². The van der Waals surface area contributed by atoms with E-state index in [0.29, 0.717) is 0 Å². The Morgan fingerprint density at radius 2 is 1.83 bits per heavy atom. The standard InChI is InChI=1S/C16H25NO/c18-13-16(11-14-7-3-1-4-8-14)17-12-15-9-5-2-6-10-15/h1,3-4,7-8,15-18H,2,5-6,9-13H2. The lowest BCUT2D eigenvalue weighted by atomic mass is 9.89. The minimum Gasteiger partial charge on any atom is -0.395 e. The molecule has 0 saturated heterocycles. The maximum atomic E-state index is 9.45. The molecule has 1 fully saturated rings. The Bertz CT molecular complexity index is 319. The van der Waals surface area contributed by atoms with Gasteiger partial charge in [-0.25, -0.2) is 0 Å². The number of nitrogens with one attached hydrogen (secondary N) is 1. The van der Waals surface area contributed by atoms with E-state index in [0.717, 1.165) is 18.9 Å². The largest absolute Gasteiger partial charge is 0.395 e. The van der Waals surface area contributed by atoms with E-state index in [9.17, 15) is 5.11 Å². The van der Waals surface area contributed by atoms with Gasteiger partial charge in [0.15, 0.2) is 0 Å². The Hall–Kier alpha value is -0.860. The van der Waals surface area contributed by atoms with Gasteiger partial charge in [0.25, 0.3) is 0 Å². The van der Waals surface area contributed by atoms with Gasteiger partial charge in [-0.2, -0.15) is 0 Å². The minimum absolute atomic E-state index is 0.203. The molecule has 100 valence electrons. The summed E-state index contributed by atoms with van der Waals surface area (Å²) in [5.41, 5.74) is 1.30. The lowest BCUT2D eigenvalue weighted by Gasteiger charge is -2.25. The molecule has 2 N–H and O–H groups in total. The zero-order valence-corrected chi connectivity index (χ0v) is 11.1. The van der Waals surface area contributed by atoms with E-state index in [1.807, 2.05) is 6.07 Å². The third-order valence-electron chi connectivity index (χ3n) is 3.97. The predicted octanol–water partition coefficient (Wildman–Crippen LogP) is 2.76. The molecule has 0 aliphatic heterocycles. The summed E-state index contributed by atoms with van der Waals surface area (Å²) in [5, 5.41) is 13.0. The molecule has 1 saturated carbocycles. The van der Waals surface area contributed by atoms with Gasteiger partial charge in [-0.1, -0.05) is 49.6 Å². The number of hydrogen-bond acceptors (Lipinski definition) is 2. The molecule has 1 aliphatic carbocycles. The highest BCUT2D eigenvalue weighted by molar-refractivity contribution is 5.15. The van der Waals surface area contributed by atoms with Crippen LogP contribution in [0.15, 0.2) is 30.3 Å². The van der Waals surface area contributed by atoms with Crippen LogP contribution in [0.25, 0.3) is 0 Å². The number of rotatable bonds is 6. The van der Waals surface area contributed by atoms with Gasteiger partial charge in [0.1, 0.15) is 0 Å². The maximum Gasteiger partial charge on any atom is 0.0587 e. The highest BCUT2D eigenvalue weighted by Crippen LogP contribution is 2.22. The number of benzene rings is 1. The summed E-state index contributed by atoms with van der Waals surface area (Å²) < 4.78 is 0. The average molecular weight is 247 g/mol. The summed E-state index contributed by atoms with van der Waals surface area (Å²) in [7, 11) is 0. The van der Waals surface area contributed by atoms with Crippen molar-refractivity contribution in [3.05, 3.63) is 35.9 Å². The summed E-state index contributed by atoms with van der Waals surface area (Å²) in [5.74, 6) is 0.823. The first-order valence-electron chi connectivity index (χ1n) is 7.26. The Kier molecular flexibility index (Phi) is 5.69. The molecule has 0 spiro atoms. The molecule has 1 unspecified atom stereocenters. The van der Waals surface area contributed by atoms with Crippen molar-refractivity contribution in [2.24, 2.45) is 5.92 Å². The third-order valence-corrected chi connectivity index (χ3v) is 3.97. The second-order valence-corrected chi connectivity index (χ2v) is 5.48. The van der Waals surface area contributed by atoms with Crippen molar-refractivity contribution >= 4 is 0 Å². The normalized spacial score (nSPS) is 18.7. The first-order valence-corrected chi connectivity index (χ1v) is 7.26. The van der Waals surface area contributed by atoms with E-state index < -0.39 is 0 Å². The Labute approximate surface area is 110 Å². The van der Waals surface area contributed by atoms with Crippen molar-refractivity contribution in [2.45, 2.75) is 44.6 Å². The van der Waals surface area contributed by atoms with Crippen LogP contribution in [0.2, 0.25) is 0 Å². The fraction of sp³-hybridized carbons (Fsp3) is 0.625. The molecule has 1 aromatic carbocycles. The fourth-order valence-electron chi connectivity index (χ4n) is 2.82. The Morgan fingerprint density at radius 3 is 2.50 bits per heavy atom. The number of hydrogen-bond donors (Lipinski definition) is 2. The molecular formula is C16H25NO. The fourth-order valence-corrected chi connectivity index (χ4v) is 2.82. The monoisotopic (exact) mass is 247 g/mol. The first kappa shape index (κ1) is 13.6. The number of aliphatic hydroxyl groups is 1. The van der Waals surface area contributed by atoms with Gasteiger partial charge in [-0.3, -0.25) is 0 Å². The zero-order valence-electron chi connectivity index (χ0n) is 11.1. The van der Waals surface area contributed by atoms with E-state index in [2.05, 4.69) is 29.6 Å². The van der Waals surface area contributed by atoms with Gasteiger partial charge in [0.05, 0.1) is 6.61 Å². The van der Waals surface area contributed by atoms with Gasteiger partial charge in [-0.05, 0) is 37.3 Å². The molecule has 1 aliphatic rings. The van der Waals surface area contributed by atoms with Crippen LogP contribution in [0.3, 0.4) is 0 Å². The van der Waals surface area contributed by atoms with Crippen LogP contribution < -0.4 is 5.32 Å². The lowest BCUT2D eigenvalue weighted by molar-refractivity contribution is 0.228. The molecule has 0 heterocycles. The van der Waals surface area contributed by atoms with Gasteiger partial charge in [0, 0.05) is 6.04 Å². The Balaban J connectivity index is 1.75. The van der Waals surface area contributed by atoms with Crippen molar-refractivity contribution in [1.82, 2.24) is 5.32 Å². The van der Waals surface area contributed by atoms with Crippen LogP contribution in [0, 0.1) is 5.92 Å². The maximum absolute atomic E-state index is 9.45. The highest BCUT2D eigenvalue weighted by Gasteiger charge is 2.15. The Morgan fingerprint density at radius 1 is 1.11 bits per heavy atom. The molecule has 2 nitrogen and oxygen atoms in total. The quantitative estimate of drug-likeness (QED) is 0.810. The van der Waals surface area contributed by atoms with Gasteiger partial charge in [0.2, 0.25) is 0 Å². The van der Waals surface area contributed by atoms with E-state index in [1.165, 1.54) is 37.7 Å². The van der Waals surface area contributed by atoms with Crippen LogP contribution in [-0.2, 0) is 6.42 Å². The molecule has 1 atom stereocenters. The minimum atomic E-state index is 0.203. The SMILES string of the molecule is OCC(Cc1ccccc1)NCC1CCCCC1. The van der Waals surface area contributed by atoms with Crippen molar-refractivity contribution in [3.8, 4) is 0 Å². The van der Waals surface area contributed by atoms with Crippen molar-refractivity contribution in [1.29, 1.82) is 0 Å². The van der Waals surface area contributed by atoms with E-state index in [1.54, 1.807) is 0 Å². The summed E-state index contributed by atoms with van der Waals surface area (Å²) in [4.78, 5) is 0. The molecule has 2 heteroatoms. The van der Waals surface area contributed by atoms with E-state index in [-0.39, 0.29) is 12.6 Å². The van der Waals surface area contributed by atoms with Crippen LogP contribution >= 0.6 is 0 Å². The predicted molar refractivity (Wildman–Crippen MR) is 75.6 cm³/mol. The second kappa shape index (κ2) is 7.55. The zero-order chi connectivity index (χ0) is 12.6. The first-order chi connectivity index (χ1) is 8.88. The molecule has 2 rings (SSSR count). The summed E-state index contributed by atoms with van der Waals surface area (Å²) in [6.07, 6.45) is 7.81. The molecule has 0 bridgehead atoms. The highest BCUT2D eigenvalue weighted by atomic mass is 16.3. The van der Waals surface area contributed by atoms with Crippen molar-refractivity contribution < 1.29 is 5.11 Å². The molecular weight excluding hydrogens is 222 g/mol. The molecule has 0 amide bonds. The number of aliphatic hydroxyl groups excluding tert-OH is 1. The van der Waals surface area contributed by atoms with Crippen molar-refractivity contribution in [3.63, 3.8) is 0 Å². The molecule has 18 heavy (non-hydrogen) atoms. The summed E-state index contributed by atoms with van der Waals surface area (Å²) >= 11 is 0. The summed E-state index contributed by atoms with van der Waals surface area (Å²) in [6, 6.07) is 10.6. The van der Waals surface area contributed by atoms with Gasteiger partial charge in [-0.15, -0.1) is 0 Å². The van der Waals surface area contributed by atoms with Crippen LogP contribution in [0.1, 0.15) is 37.7 Å². The molecule has 0 aromatic heterocycles. The van der Waals surface area contributed by atoms with Crippen LogP contribution in [0.5, 0.6) is 0 Å². The van der Waals surface area contributed by atoms with Crippen molar-refractivity contribution in [2.75, 3.05) is 13.2 Å².